The molecule has 96 valence electrons. The first-order chi connectivity index (χ1) is 9.16. The topological polar surface area (TPSA) is 46.2 Å². The summed E-state index contributed by atoms with van der Waals surface area (Å²) in [5.41, 5.74) is 2.29. The summed E-state index contributed by atoms with van der Waals surface area (Å²) in [5, 5.41) is 2.84. The molecule has 0 saturated carbocycles. The number of ketones is 1. The second-order valence-electron chi connectivity index (χ2n) is 4.30. The van der Waals surface area contributed by atoms with Crippen molar-refractivity contribution in [3.05, 3.63) is 71.3 Å². The SMILES string of the molecule is CC(=O)c1ccc(CNC(=O)c2ccccc2)cc1. The summed E-state index contributed by atoms with van der Waals surface area (Å²) in [5.74, 6) is -0.0592. The zero-order chi connectivity index (χ0) is 13.7. The molecule has 0 aliphatic heterocycles. The molecule has 2 aromatic carbocycles. The van der Waals surface area contributed by atoms with Crippen molar-refractivity contribution in [2.45, 2.75) is 13.5 Å². The molecular formula is C16H15NO2. The van der Waals surface area contributed by atoms with Gasteiger partial charge in [-0.15, -0.1) is 0 Å². The highest BCUT2D eigenvalue weighted by Gasteiger charge is 2.04. The molecule has 0 atom stereocenters. The van der Waals surface area contributed by atoms with Crippen LogP contribution in [0, 0.1) is 0 Å². The van der Waals surface area contributed by atoms with E-state index in [0.717, 1.165) is 5.56 Å². The second kappa shape index (κ2) is 5.96. The molecule has 0 saturated heterocycles. The van der Waals surface area contributed by atoms with Crippen LogP contribution >= 0.6 is 0 Å². The monoisotopic (exact) mass is 253 g/mol. The fraction of sp³-hybridized carbons (Fsp3) is 0.125. The quantitative estimate of drug-likeness (QED) is 0.852. The molecule has 1 N–H and O–H groups in total. The minimum Gasteiger partial charge on any atom is -0.348 e. The van der Waals surface area contributed by atoms with E-state index in [4.69, 9.17) is 0 Å². The van der Waals surface area contributed by atoms with Crippen LogP contribution in [-0.4, -0.2) is 11.7 Å². The van der Waals surface area contributed by atoms with Crippen molar-refractivity contribution >= 4 is 11.7 Å². The molecule has 0 aliphatic rings. The van der Waals surface area contributed by atoms with Crippen LogP contribution < -0.4 is 5.32 Å². The summed E-state index contributed by atoms with van der Waals surface area (Å²) >= 11 is 0. The highest BCUT2D eigenvalue weighted by molar-refractivity contribution is 5.94. The first-order valence-corrected chi connectivity index (χ1v) is 6.10. The third-order valence-corrected chi connectivity index (χ3v) is 2.85. The van der Waals surface area contributed by atoms with Crippen LogP contribution in [0.3, 0.4) is 0 Å². The van der Waals surface area contributed by atoms with E-state index in [1.807, 2.05) is 30.3 Å². The molecule has 0 spiro atoms. The number of hydrogen-bond donors (Lipinski definition) is 1. The number of amides is 1. The van der Waals surface area contributed by atoms with Crippen LogP contribution in [0.25, 0.3) is 0 Å². The van der Waals surface area contributed by atoms with E-state index < -0.39 is 0 Å². The van der Waals surface area contributed by atoms with Crippen LogP contribution in [0.4, 0.5) is 0 Å². The van der Waals surface area contributed by atoms with Crippen LogP contribution in [0.5, 0.6) is 0 Å². The summed E-state index contributed by atoms with van der Waals surface area (Å²) in [6.45, 7) is 1.98. The number of carbonyl (C=O) groups is 2. The maximum Gasteiger partial charge on any atom is 0.251 e. The first kappa shape index (κ1) is 13.0. The van der Waals surface area contributed by atoms with Gasteiger partial charge in [-0.25, -0.2) is 0 Å². The molecule has 0 heterocycles. The van der Waals surface area contributed by atoms with Crippen LogP contribution in [0.2, 0.25) is 0 Å². The van der Waals surface area contributed by atoms with Gasteiger partial charge in [0.1, 0.15) is 0 Å². The van der Waals surface area contributed by atoms with Gasteiger partial charge in [0.05, 0.1) is 0 Å². The number of Topliss-reactive ketones (excluding diaryl/α,β-unsaturated/α-hetero) is 1. The molecule has 0 unspecified atom stereocenters. The van der Waals surface area contributed by atoms with Crippen molar-refractivity contribution in [2.24, 2.45) is 0 Å². The Morgan fingerprint density at radius 2 is 1.53 bits per heavy atom. The maximum absolute atomic E-state index is 11.8. The van der Waals surface area contributed by atoms with E-state index in [1.54, 1.807) is 24.3 Å². The van der Waals surface area contributed by atoms with Gasteiger partial charge in [0, 0.05) is 17.7 Å². The summed E-state index contributed by atoms with van der Waals surface area (Å²) in [7, 11) is 0. The van der Waals surface area contributed by atoms with Crippen LogP contribution in [0.15, 0.2) is 54.6 Å². The molecular weight excluding hydrogens is 238 g/mol. The van der Waals surface area contributed by atoms with Gasteiger partial charge in [-0.2, -0.15) is 0 Å². The number of nitrogens with one attached hydrogen (secondary N) is 1. The van der Waals surface area contributed by atoms with Crippen LogP contribution in [-0.2, 0) is 6.54 Å². The highest BCUT2D eigenvalue weighted by atomic mass is 16.1. The van der Waals surface area contributed by atoms with Gasteiger partial charge in [0.15, 0.2) is 5.78 Å². The Bertz CT molecular complexity index is 573. The van der Waals surface area contributed by atoms with E-state index in [-0.39, 0.29) is 11.7 Å². The van der Waals surface area contributed by atoms with Crippen molar-refractivity contribution in [1.29, 1.82) is 0 Å². The first-order valence-electron chi connectivity index (χ1n) is 6.10. The van der Waals surface area contributed by atoms with Crippen molar-refractivity contribution in [3.63, 3.8) is 0 Å². The van der Waals surface area contributed by atoms with Crippen molar-refractivity contribution in [1.82, 2.24) is 5.32 Å². The lowest BCUT2D eigenvalue weighted by atomic mass is 10.1. The minimum absolute atomic E-state index is 0.0415. The lowest BCUT2D eigenvalue weighted by Gasteiger charge is -2.05. The smallest absolute Gasteiger partial charge is 0.251 e. The molecule has 3 nitrogen and oxygen atoms in total. The average molecular weight is 253 g/mol. The third-order valence-electron chi connectivity index (χ3n) is 2.85. The Kier molecular flexibility index (Phi) is 4.08. The largest absolute Gasteiger partial charge is 0.348 e. The third kappa shape index (κ3) is 3.52. The second-order valence-corrected chi connectivity index (χ2v) is 4.30. The Balaban J connectivity index is 1.95. The Labute approximate surface area is 112 Å². The maximum atomic E-state index is 11.8. The van der Waals surface area contributed by atoms with Crippen LogP contribution in [0.1, 0.15) is 33.2 Å². The lowest BCUT2D eigenvalue weighted by molar-refractivity contribution is 0.0949. The molecule has 19 heavy (non-hydrogen) atoms. The Morgan fingerprint density at radius 3 is 2.11 bits per heavy atom. The molecule has 0 radical (unpaired) electrons. The van der Waals surface area contributed by atoms with Gasteiger partial charge in [-0.1, -0.05) is 42.5 Å². The van der Waals surface area contributed by atoms with Crippen molar-refractivity contribution in [3.8, 4) is 0 Å². The lowest BCUT2D eigenvalue weighted by Crippen LogP contribution is -2.22. The molecule has 2 rings (SSSR count). The van der Waals surface area contributed by atoms with Gasteiger partial charge in [-0.05, 0) is 24.6 Å². The van der Waals surface area contributed by atoms with E-state index in [9.17, 15) is 9.59 Å². The Hall–Kier alpha value is -2.42. The Morgan fingerprint density at radius 1 is 0.895 bits per heavy atom. The number of hydrogen-bond acceptors (Lipinski definition) is 2. The zero-order valence-electron chi connectivity index (χ0n) is 10.7. The average Bonchev–Trinajstić information content (AvgIpc) is 2.46. The summed E-state index contributed by atoms with van der Waals surface area (Å²) in [6, 6.07) is 16.3. The summed E-state index contributed by atoms with van der Waals surface area (Å²) in [4.78, 5) is 23.0. The van der Waals surface area contributed by atoms with E-state index >= 15 is 0 Å². The standard InChI is InChI=1S/C16H15NO2/c1-12(18)14-9-7-13(8-10-14)11-17-16(19)15-5-3-2-4-6-15/h2-10H,11H2,1H3,(H,17,19). The molecule has 0 aliphatic carbocycles. The number of rotatable bonds is 4. The normalized spacial score (nSPS) is 9.95. The van der Waals surface area contributed by atoms with Crippen molar-refractivity contribution in [2.75, 3.05) is 0 Å². The van der Waals surface area contributed by atoms with Gasteiger partial charge < -0.3 is 5.32 Å². The van der Waals surface area contributed by atoms with Gasteiger partial charge >= 0.3 is 0 Å². The predicted molar refractivity (Wildman–Crippen MR) is 74.1 cm³/mol. The van der Waals surface area contributed by atoms with E-state index in [2.05, 4.69) is 5.32 Å². The molecule has 2 aromatic rings. The van der Waals surface area contributed by atoms with Gasteiger partial charge in [0.2, 0.25) is 0 Å². The minimum atomic E-state index is -0.101. The van der Waals surface area contributed by atoms with Gasteiger partial charge in [-0.3, -0.25) is 9.59 Å². The summed E-state index contributed by atoms with van der Waals surface area (Å²) in [6.07, 6.45) is 0. The summed E-state index contributed by atoms with van der Waals surface area (Å²) < 4.78 is 0. The molecule has 0 fully saturated rings. The van der Waals surface area contributed by atoms with Gasteiger partial charge in [0.25, 0.3) is 5.91 Å². The molecule has 3 heteroatoms. The molecule has 1 amide bonds. The van der Waals surface area contributed by atoms with Crippen molar-refractivity contribution < 1.29 is 9.59 Å². The predicted octanol–water partition coefficient (Wildman–Crippen LogP) is 2.82. The fourth-order valence-electron chi connectivity index (χ4n) is 1.73. The zero-order valence-corrected chi connectivity index (χ0v) is 10.7. The number of carbonyl (C=O) groups excluding carboxylic acids is 2. The molecule has 0 aromatic heterocycles. The highest BCUT2D eigenvalue weighted by Crippen LogP contribution is 2.05. The van der Waals surface area contributed by atoms with E-state index in [1.165, 1.54) is 6.92 Å². The van der Waals surface area contributed by atoms with E-state index in [0.29, 0.717) is 17.7 Å². The molecule has 0 bridgehead atoms. The fourth-order valence-corrected chi connectivity index (χ4v) is 1.73. The number of benzene rings is 2.